The quantitative estimate of drug-likeness (QED) is 0.161. The zero-order valence-electron chi connectivity index (χ0n) is 33.4. The van der Waals surface area contributed by atoms with Crippen molar-refractivity contribution < 1.29 is 0 Å². The third-order valence-corrected chi connectivity index (χ3v) is 14.2. The molecule has 0 aliphatic carbocycles. The minimum Gasteiger partial charge on any atom is -0.256 e. The number of nitrogens with zero attached hydrogens (tertiary/aromatic N) is 3. The number of hydrogen-bond donors (Lipinski definition) is 0. The van der Waals surface area contributed by atoms with E-state index in [4.69, 9.17) is 9.97 Å². The smallest absolute Gasteiger partial charge is 0.160 e. The van der Waals surface area contributed by atoms with Crippen LogP contribution in [0.25, 0.3) is 119 Å². The molecule has 3 nitrogen and oxygen atoms in total. The molecule has 0 radical (unpaired) electrons. The lowest BCUT2D eigenvalue weighted by Crippen LogP contribution is -1.96. The molecule has 8 aromatic carbocycles. The van der Waals surface area contributed by atoms with Gasteiger partial charge in [0, 0.05) is 68.8 Å². The van der Waals surface area contributed by atoms with Crippen molar-refractivity contribution in [2.24, 2.45) is 0 Å². The van der Waals surface area contributed by atoms with Crippen LogP contribution < -0.4 is 0 Å². The zero-order chi connectivity index (χ0) is 41.0. The molecule has 12 rings (SSSR count). The van der Waals surface area contributed by atoms with E-state index in [1.165, 1.54) is 51.5 Å². The molecule has 12 aromatic rings. The summed E-state index contributed by atoms with van der Waals surface area (Å²) < 4.78 is 5.16. The fourth-order valence-electron chi connectivity index (χ4n) is 8.70. The van der Waals surface area contributed by atoms with Gasteiger partial charge in [0.15, 0.2) is 5.82 Å². The third-order valence-electron chi connectivity index (χ3n) is 11.8. The standard InChI is InChI=1S/C57H35N3S2/c1-2-12-40(13-3-1)57-59-51(39-29-25-37(26-30-39)36-23-27-38(28-24-36)50-20-8-9-31-58-50)35-52(60-57)43-33-41(44-16-10-18-48-46-14-4-6-21-53(46)61-55(44)48)32-42(34-43)45-17-11-19-49-47-15-5-7-22-54(47)62-56(45)49/h1-35H. The Hall–Kier alpha value is -7.57. The first kappa shape index (κ1) is 36.3. The molecule has 0 bridgehead atoms. The van der Waals surface area contributed by atoms with E-state index >= 15 is 0 Å². The van der Waals surface area contributed by atoms with E-state index in [0.717, 1.165) is 61.6 Å². The molecule has 62 heavy (non-hydrogen) atoms. The molecule has 0 unspecified atom stereocenters. The van der Waals surface area contributed by atoms with Gasteiger partial charge in [0.05, 0.1) is 17.1 Å². The van der Waals surface area contributed by atoms with Gasteiger partial charge < -0.3 is 0 Å². The molecular formula is C57H35N3S2. The summed E-state index contributed by atoms with van der Waals surface area (Å²) in [5.74, 6) is 0.692. The molecule has 0 atom stereocenters. The van der Waals surface area contributed by atoms with E-state index in [-0.39, 0.29) is 0 Å². The molecule has 0 saturated carbocycles. The highest BCUT2D eigenvalue weighted by molar-refractivity contribution is 7.26. The summed E-state index contributed by atoms with van der Waals surface area (Å²) in [6, 6.07) is 73.8. The second kappa shape index (κ2) is 15.2. The zero-order valence-corrected chi connectivity index (χ0v) is 35.0. The van der Waals surface area contributed by atoms with Crippen LogP contribution >= 0.6 is 22.7 Å². The maximum Gasteiger partial charge on any atom is 0.160 e. The summed E-state index contributed by atoms with van der Waals surface area (Å²) in [6.07, 6.45) is 1.83. The highest BCUT2D eigenvalue weighted by atomic mass is 32.1. The summed E-state index contributed by atoms with van der Waals surface area (Å²) in [4.78, 5) is 15.1. The van der Waals surface area contributed by atoms with Crippen molar-refractivity contribution in [3.63, 3.8) is 0 Å². The Morgan fingerprint density at radius 3 is 1.32 bits per heavy atom. The van der Waals surface area contributed by atoms with Gasteiger partial charge >= 0.3 is 0 Å². The average molecular weight is 826 g/mol. The molecule has 0 spiro atoms. The first-order chi connectivity index (χ1) is 30.7. The lowest BCUT2D eigenvalue weighted by molar-refractivity contribution is 1.18. The van der Waals surface area contributed by atoms with Crippen molar-refractivity contribution in [2.75, 3.05) is 0 Å². The number of aromatic nitrogens is 3. The van der Waals surface area contributed by atoms with Gasteiger partial charge in [-0.3, -0.25) is 4.98 Å². The number of pyridine rings is 1. The largest absolute Gasteiger partial charge is 0.256 e. The monoisotopic (exact) mass is 825 g/mol. The summed E-state index contributed by atoms with van der Waals surface area (Å²) in [5, 5.41) is 5.15. The van der Waals surface area contributed by atoms with Crippen LogP contribution in [0.2, 0.25) is 0 Å². The fourth-order valence-corrected chi connectivity index (χ4v) is 11.2. The first-order valence-corrected chi connectivity index (χ1v) is 22.4. The van der Waals surface area contributed by atoms with Gasteiger partial charge in [0.1, 0.15) is 0 Å². The second-order valence-corrected chi connectivity index (χ2v) is 17.7. The predicted octanol–water partition coefficient (Wildman–Crippen LogP) is 16.3. The van der Waals surface area contributed by atoms with Gasteiger partial charge in [-0.2, -0.15) is 0 Å². The van der Waals surface area contributed by atoms with E-state index < -0.39 is 0 Å². The molecule has 4 heterocycles. The van der Waals surface area contributed by atoms with Crippen molar-refractivity contribution in [2.45, 2.75) is 0 Å². The van der Waals surface area contributed by atoms with E-state index in [0.29, 0.717) is 5.82 Å². The number of thiophene rings is 2. The highest BCUT2D eigenvalue weighted by Gasteiger charge is 2.18. The van der Waals surface area contributed by atoms with Gasteiger partial charge in [0.2, 0.25) is 0 Å². The van der Waals surface area contributed by atoms with E-state index in [2.05, 4.69) is 187 Å². The average Bonchev–Trinajstić information content (AvgIpc) is 3.93. The third kappa shape index (κ3) is 6.47. The Bertz CT molecular complexity index is 3480. The maximum absolute atomic E-state index is 5.35. The Morgan fingerprint density at radius 1 is 0.290 bits per heavy atom. The van der Waals surface area contributed by atoms with E-state index in [1.807, 2.05) is 53.1 Å². The molecule has 290 valence electrons. The van der Waals surface area contributed by atoms with Crippen molar-refractivity contribution in [1.29, 1.82) is 0 Å². The number of fused-ring (bicyclic) bond motifs is 6. The van der Waals surface area contributed by atoms with Crippen LogP contribution in [-0.2, 0) is 0 Å². The van der Waals surface area contributed by atoms with Gasteiger partial charge in [-0.15, -0.1) is 22.7 Å². The van der Waals surface area contributed by atoms with Crippen LogP contribution in [0.4, 0.5) is 0 Å². The molecule has 0 saturated heterocycles. The van der Waals surface area contributed by atoms with Crippen molar-refractivity contribution >= 4 is 63.0 Å². The summed E-state index contributed by atoms with van der Waals surface area (Å²) in [5.41, 5.74) is 13.9. The molecule has 0 aliphatic heterocycles. The number of benzene rings is 8. The van der Waals surface area contributed by atoms with Crippen LogP contribution in [-0.4, -0.2) is 15.0 Å². The Labute approximate surface area is 366 Å². The second-order valence-electron chi connectivity index (χ2n) is 15.6. The number of hydrogen-bond acceptors (Lipinski definition) is 5. The van der Waals surface area contributed by atoms with Crippen LogP contribution in [0.1, 0.15) is 0 Å². The molecule has 0 N–H and O–H groups in total. The molecule has 0 fully saturated rings. The lowest BCUT2D eigenvalue weighted by atomic mass is 9.93. The topological polar surface area (TPSA) is 38.7 Å². The minimum absolute atomic E-state index is 0.692. The molecule has 5 heteroatoms. The van der Waals surface area contributed by atoms with Gasteiger partial charge in [-0.25, -0.2) is 9.97 Å². The highest BCUT2D eigenvalue weighted by Crippen LogP contribution is 2.45. The summed E-state index contributed by atoms with van der Waals surface area (Å²) in [7, 11) is 0. The van der Waals surface area contributed by atoms with E-state index in [1.54, 1.807) is 0 Å². The Kier molecular flexibility index (Phi) is 8.87. The summed E-state index contributed by atoms with van der Waals surface area (Å²) in [6.45, 7) is 0. The Balaban J connectivity index is 1.03. The Morgan fingerprint density at radius 2 is 0.758 bits per heavy atom. The van der Waals surface area contributed by atoms with Gasteiger partial charge in [0.25, 0.3) is 0 Å². The van der Waals surface area contributed by atoms with Gasteiger partial charge in [-0.05, 0) is 81.9 Å². The van der Waals surface area contributed by atoms with Crippen LogP contribution in [0, 0.1) is 0 Å². The van der Waals surface area contributed by atoms with Crippen LogP contribution in [0.3, 0.4) is 0 Å². The minimum atomic E-state index is 0.692. The molecule has 0 amide bonds. The van der Waals surface area contributed by atoms with Crippen molar-refractivity contribution in [1.82, 2.24) is 15.0 Å². The SMILES string of the molecule is c1ccc(-c2nc(-c3ccc(-c4ccc(-c5ccccn5)cc4)cc3)cc(-c3cc(-c4cccc5c4sc4ccccc45)cc(-c4cccc5c4sc4ccccc45)c3)n2)cc1. The maximum atomic E-state index is 5.35. The fraction of sp³-hybridized carbons (Fsp3) is 0. The van der Waals surface area contributed by atoms with Crippen molar-refractivity contribution in [3.05, 3.63) is 212 Å². The van der Waals surface area contributed by atoms with Crippen LogP contribution in [0.5, 0.6) is 0 Å². The van der Waals surface area contributed by atoms with Crippen molar-refractivity contribution in [3.8, 4) is 78.5 Å². The van der Waals surface area contributed by atoms with Gasteiger partial charge in [-0.1, -0.05) is 158 Å². The molecular weight excluding hydrogens is 791 g/mol. The van der Waals surface area contributed by atoms with Crippen LogP contribution in [0.15, 0.2) is 212 Å². The lowest BCUT2D eigenvalue weighted by Gasteiger charge is -2.14. The van der Waals surface area contributed by atoms with E-state index in [9.17, 15) is 0 Å². The predicted molar refractivity (Wildman–Crippen MR) is 264 cm³/mol. The first-order valence-electron chi connectivity index (χ1n) is 20.7. The number of rotatable bonds is 7. The molecule has 0 aliphatic rings. The summed E-state index contributed by atoms with van der Waals surface area (Å²) >= 11 is 3.73. The normalized spacial score (nSPS) is 11.5. The molecule has 4 aromatic heterocycles.